The van der Waals surface area contributed by atoms with Gasteiger partial charge in [0.15, 0.2) is 0 Å². The van der Waals surface area contributed by atoms with Gasteiger partial charge in [-0.05, 0) is 12.1 Å². The van der Waals surface area contributed by atoms with E-state index in [1.54, 1.807) is 12.1 Å². The molecule has 0 unspecified atom stereocenters. The van der Waals surface area contributed by atoms with Gasteiger partial charge in [0.05, 0.1) is 23.8 Å². The average Bonchev–Trinajstić information content (AvgIpc) is 2.14. The third kappa shape index (κ3) is 2.33. The van der Waals surface area contributed by atoms with Crippen LogP contribution in [0.15, 0.2) is 12.1 Å². The zero-order chi connectivity index (χ0) is 9.84. The van der Waals surface area contributed by atoms with E-state index < -0.39 is 0 Å². The van der Waals surface area contributed by atoms with Crippen LogP contribution >= 0.6 is 34.8 Å². The molecule has 0 atom stereocenters. The Hall–Kier alpha value is -0.310. The molecule has 0 aromatic heterocycles. The summed E-state index contributed by atoms with van der Waals surface area (Å²) in [5, 5.41) is 3.67. The van der Waals surface area contributed by atoms with Crippen molar-refractivity contribution in [1.29, 1.82) is 0 Å². The van der Waals surface area contributed by atoms with E-state index in [1.807, 2.05) is 0 Å². The highest BCUT2D eigenvalue weighted by Gasteiger charge is 2.09. The van der Waals surface area contributed by atoms with Gasteiger partial charge in [-0.25, -0.2) is 0 Å². The number of rotatable bonds is 3. The van der Waals surface area contributed by atoms with E-state index in [2.05, 4.69) is 5.32 Å². The fourth-order valence-electron chi connectivity index (χ4n) is 0.898. The van der Waals surface area contributed by atoms with Gasteiger partial charge < -0.3 is 10.1 Å². The van der Waals surface area contributed by atoms with Crippen LogP contribution in [0.25, 0.3) is 0 Å². The molecule has 0 saturated heterocycles. The number of hydrogen-bond donors (Lipinski definition) is 1. The van der Waals surface area contributed by atoms with E-state index in [0.717, 1.165) is 0 Å². The van der Waals surface area contributed by atoms with Gasteiger partial charge in [-0.1, -0.05) is 23.2 Å². The molecule has 0 spiro atoms. The number of benzene rings is 1. The lowest BCUT2D eigenvalue weighted by molar-refractivity contribution is 0.415. The van der Waals surface area contributed by atoms with Gasteiger partial charge in [0.25, 0.3) is 0 Å². The predicted octanol–water partition coefficient (Wildman–Crippen LogP) is 3.61. The van der Waals surface area contributed by atoms with E-state index in [-0.39, 0.29) is 6.00 Å². The van der Waals surface area contributed by atoms with E-state index in [0.29, 0.717) is 21.5 Å². The maximum Gasteiger partial charge on any atom is 0.139 e. The first-order valence-electron chi connectivity index (χ1n) is 3.52. The zero-order valence-corrected chi connectivity index (χ0v) is 9.17. The van der Waals surface area contributed by atoms with Gasteiger partial charge in [-0.2, -0.15) is 0 Å². The fraction of sp³-hybridized carbons (Fsp3) is 0.250. The van der Waals surface area contributed by atoms with Crippen LogP contribution < -0.4 is 10.1 Å². The third-order valence-electron chi connectivity index (χ3n) is 1.52. The Morgan fingerprint density at radius 3 is 2.54 bits per heavy atom. The molecule has 0 saturated carbocycles. The van der Waals surface area contributed by atoms with Gasteiger partial charge in [0.2, 0.25) is 0 Å². The van der Waals surface area contributed by atoms with Crippen molar-refractivity contribution >= 4 is 40.5 Å². The first-order chi connectivity index (χ1) is 6.20. The van der Waals surface area contributed by atoms with Gasteiger partial charge in [0, 0.05) is 0 Å². The summed E-state index contributed by atoms with van der Waals surface area (Å²) < 4.78 is 4.98. The highest BCUT2D eigenvalue weighted by molar-refractivity contribution is 6.44. The van der Waals surface area contributed by atoms with E-state index >= 15 is 0 Å². The molecular formula is C8H8Cl3NO. The molecule has 1 rings (SSSR count). The Bertz CT molecular complexity index is 304. The fourth-order valence-corrected chi connectivity index (χ4v) is 1.51. The Morgan fingerprint density at radius 1 is 1.31 bits per heavy atom. The van der Waals surface area contributed by atoms with Crippen LogP contribution in [0.3, 0.4) is 0 Å². The number of hydrogen-bond acceptors (Lipinski definition) is 2. The van der Waals surface area contributed by atoms with Crippen molar-refractivity contribution in [3.63, 3.8) is 0 Å². The molecule has 0 bridgehead atoms. The zero-order valence-electron chi connectivity index (χ0n) is 6.90. The molecular weight excluding hydrogens is 232 g/mol. The van der Waals surface area contributed by atoms with Crippen molar-refractivity contribution in [3.8, 4) is 5.75 Å². The molecule has 0 heterocycles. The van der Waals surface area contributed by atoms with Gasteiger partial charge in [-0.3, -0.25) is 0 Å². The Kier molecular flexibility index (Phi) is 3.97. The van der Waals surface area contributed by atoms with Crippen LogP contribution in [0.4, 0.5) is 5.69 Å². The molecule has 0 amide bonds. The maximum absolute atomic E-state index is 5.92. The molecule has 1 aromatic rings. The normalized spacial score (nSPS) is 9.85. The molecule has 13 heavy (non-hydrogen) atoms. The molecule has 0 aliphatic heterocycles. The largest absolute Gasteiger partial charge is 0.495 e. The predicted molar refractivity (Wildman–Crippen MR) is 57.4 cm³/mol. The second-order valence-corrected chi connectivity index (χ2v) is 3.28. The average molecular weight is 241 g/mol. The second-order valence-electron chi connectivity index (χ2n) is 2.25. The summed E-state index contributed by atoms with van der Waals surface area (Å²) >= 11 is 17.3. The third-order valence-corrected chi connectivity index (χ3v) is 2.52. The molecule has 0 aliphatic carbocycles. The van der Waals surface area contributed by atoms with Crippen LogP contribution in [-0.2, 0) is 0 Å². The lowest BCUT2D eigenvalue weighted by Gasteiger charge is -2.09. The summed E-state index contributed by atoms with van der Waals surface area (Å²) in [4.78, 5) is 0. The molecule has 2 nitrogen and oxygen atoms in total. The number of alkyl halides is 1. The number of nitrogens with one attached hydrogen (secondary N) is 1. The van der Waals surface area contributed by atoms with Crippen molar-refractivity contribution in [2.45, 2.75) is 0 Å². The van der Waals surface area contributed by atoms with Gasteiger partial charge >= 0.3 is 0 Å². The molecule has 0 fully saturated rings. The Labute approximate surface area is 91.7 Å². The quantitative estimate of drug-likeness (QED) is 0.644. The van der Waals surface area contributed by atoms with Crippen molar-refractivity contribution in [2.24, 2.45) is 0 Å². The first kappa shape index (κ1) is 10.8. The SMILES string of the molecule is COc1ccc(NCCl)c(Cl)c1Cl. The maximum atomic E-state index is 5.92. The van der Waals surface area contributed by atoms with Crippen molar-refractivity contribution in [2.75, 3.05) is 18.4 Å². The molecule has 72 valence electrons. The minimum atomic E-state index is 0.280. The second kappa shape index (κ2) is 4.80. The van der Waals surface area contributed by atoms with Crippen molar-refractivity contribution in [1.82, 2.24) is 0 Å². The highest BCUT2D eigenvalue weighted by atomic mass is 35.5. The lowest BCUT2D eigenvalue weighted by Crippen LogP contribution is -1.96. The minimum absolute atomic E-state index is 0.280. The molecule has 1 aromatic carbocycles. The number of anilines is 1. The van der Waals surface area contributed by atoms with Crippen LogP contribution in [0.5, 0.6) is 5.75 Å². The summed E-state index contributed by atoms with van der Waals surface area (Å²) in [5.41, 5.74) is 0.697. The van der Waals surface area contributed by atoms with Gasteiger partial charge in [0.1, 0.15) is 10.8 Å². The molecule has 0 aliphatic rings. The highest BCUT2D eigenvalue weighted by Crippen LogP contribution is 2.37. The summed E-state index contributed by atoms with van der Waals surface area (Å²) in [6.07, 6.45) is 0. The van der Waals surface area contributed by atoms with E-state index in [4.69, 9.17) is 39.5 Å². The van der Waals surface area contributed by atoms with Gasteiger partial charge in [-0.15, -0.1) is 11.6 Å². The number of halogens is 3. The molecule has 5 heteroatoms. The van der Waals surface area contributed by atoms with E-state index in [1.165, 1.54) is 7.11 Å². The van der Waals surface area contributed by atoms with Crippen LogP contribution in [0.1, 0.15) is 0 Å². The summed E-state index contributed by atoms with van der Waals surface area (Å²) in [7, 11) is 1.53. The molecule has 0 radical (unpaired) electrons. The molecule has 1 N–H and O–H groups in total. The number of methoxy groups -OCH3 is 1. The summed E-state index contributed by atoms with van der Waals surface area (Å²) in [6.45, 7) is 0. The lowest BCUT2D eigenvalue weighted by atomic mass is 10.3. The standard InChI is InChI=1S/C8H8Cl3NO/c1-13-6-3-2-5(12-4-9)7(10)8(6)11/h2-3,12H,4H2,1H3. The first-order valence-corrected chi connectivity index (χ1v) is 4.81. The Balaban J connectivity index is 3.07. The summed E-state index contributed by atoms with van der Waals surface area (Å²) in [6, 6.07) is 3.76. The smallest absolute Gasteiger partial charge is 0.139 e. The van der Waals surface area contributed by atoms with Crippen LogP contribution in [0.2, 0.25) is 10.0 Å². The summed E-state index contributed by atoms with van der Waals surface area (Å²) in [5.74, 6) is 0.548. The number of ether oxygens (including phenoxy) is 1. The van der Waals surface area contributed by atoms with Crippen molar-refractivity contribution in [3.05, 3.63) is 22.2 Å². The van der Waals surface area contributed by atoms with Crippen LogP contribution in [-0.4, -0.2) is 13.1 Å². The van der Waals surface area contributed by atoms with E-state index in [9.17, 15) is 0 Å². The topological polar surface area (TPSA) is 21.3 Å². The van der Waals surface area contributed by atoms with Crippen molar-refractivity contribution < 1.29 is 4.74 Å². The van der Waals surface area contributed by atoms with Crippen LogP contribution in [0, 0.1) is 0 Å². The monoisotopic (exact) mass is 239 g/mol. The Morgan fingerprint density at radius 2 is 2.00 bits per heavy atom. The minimum Gasteiger partial charge on any atom is -0.495 e.